The van der Waals surface area contributed by atoms with Crippen LogP contribution in [0.1, 0.15) is 18.9 Å². The van der Waals surface area contributed by atoms with Crippen molar-refractivity contribution in [3.8, 4) is 11.5 Å². The molecule has 1 fully saturated rings. The lowest BCUT2D eigenvalue weighted by Crippen LogP contribution is -1.98. The summed E-state index contributed by atoms with van der Waals surface area (Å²) >= 11 is 6.05. The molecule has 0 spiro atoms. The van der Waals surface area contributed by atoms with Crippen molar-refractivity contribution in [2.75, 3.05) is 14.2 Å². The summed E-state index contributed by atoms with van der Waals surface area (Å²) in [7, 11) is 3.27. The number of hydrogen-bond acceptors (Lipinski definition) is 3. The molecular formula is C13H17ClO3. The molecule has 1 aromatic carbocycles. The summed E-state index contributed by atoms with van der Waals surface area (Å²) in [6, 6.07) is 3.74. The molecule has 0 N–H and O–H groups in total. The van der Waals surface area contributed by atoms with Crippen molar-refractivity contribution in [1.82, 2.24) is 0 Å². The van der Waals surface area contributed by atoms with Crippen LogP contribution in [0.3, 0.4) is 0 Å². The van der Waals surface area contributed by atoms with Crippen molar-refractivity contribution in [2.24, 2.45) is 0 Å². The summed E-state index contributed by atoms with van der Waals surface area (Å²) in [6.07, 6.45) is 2.70. The number of rotatable bonds is 5. The normalized spacial score (nSPS) is 22.4. The van der Waals surface area contributed by atoms with E-state index in [1.165, 1.54) is 0 Å². The fourth-order valence-electron chi connectivity index (χ4n) is 1.95. The minimum absolute atomic E-state index is 0.390. The van der Waals surface area contributed by atoms with Gasteiger partial charge in [0.25, 0.3) is 0 Å². The molecule has 1 saturated heterocycles. The van der Waals surface area contributed by atoms with Crippen LogP contribution in [0.4, 0.5) is 0 Å². The van der Waals surface area contributed by atoms with Crippen molar-refractivity contribution < 1.29 is 14.2 Å². The summed E-state index contributed by atoms with van der Waals surface area (Å²) in [5, 5.41) is 0.573. The second kappa shape index (κ2) is 5.15. The highest BCUT2D eigenvalue weighted by Crippen LogP contribution is 2.34. The standard InChI is InChI=1S/C13H17ClO3/c1-8-11(17-8)5-4-9-6-13(16-3)10(14)7-12(9)15-2/h6-8,11H,4-5H2,1-3H3. The zero-order valence-corrected chi connectivity index (χ0v) is 11.1. The highest BCUT2D eigenvalue weighted by molar-refractivity contribution is 6.32. The molecule has 1 aliphatic heterocycles. The maximum Gasteiger partial charge on any atom is 0.137 e. The van der Waals surface area contributed by atoms with Crippen LogP contribution >= 0.6 is 11.6 Å². The van der Waals surface area contributed by atoms with E-state index in [0.29, 0.717) is 23.0 Å². The Labute approximate surface area is 107 Å². The monoisotopic (exact) mass is 256 g/mol. The average Bonchev–Trinajstić information content (AvgIpc) is 3.03. The maximum absolute atomic E-state index is 6.05. The van der Waals surface area contributed by atoms with Gasteiger partial charge in [0.2, 0.25) is 0 Å². The Bertz CT molecular complexity index is 406. The molecule has 2 atom stereocenters. The predicted octanol–water partition coefficient (Wildman–Crippen LogP) is 3.08. The Kier molecular flexibility index (Phi) is 3.79. The quantitative estimate of drug-likeness (QED) is 0.759. The Morgan fingerprint density at radius 2 is 1.88 bits per heavy atom. The van der Waals surface area contributed by atoms with Crippen molar-refractivity contribution >= 4 is 11.6 Å². The first kappa shape index (κ1) is 12.5. The molecule has 0 aliphatic carbocycles. The van der Waals surface area contributed by atoms with Crippen molar-refractivity contribution in [1.29, 1.82) is 0 Å². The van der Waals surface area contributed by atoms with Gasteiger partial charge in [-0.3, -0.25) is 0 Å². The van der Waals surface area contributed by atoms with Gasteiger partial charge in [-0.1, -0.05) is 11.6 Å². The first-order valence-electron chi connectivity index (χ1n) is 5.71. The van der Waals surface area contributed by atoms with Gasteiger partial charge < -0.3 is 14.2 Å². The van der Waals surface area contributed by atoms with Crippen molar-refractivity contribution in [3.63, 3.8) is 0 Å². The van der Waals surface area contributed by atoms with Crippen LogP contribution in [0.5, 0.6) is 11.5 Å². The van der Waals surface area contributed by atoms with E-state index < -0.39 is 0 Å². The summed E-state index contributed by atoms with van der Waals surface area (Å²) < 4.78 is 15.9. The lowest BCUT2D eigenvalue weighted by molar-refractivity contribution is 0.367. The fourth-order valence-corrected chi connectivity index (χ4v) is 2.18. The minimum Gasteiger partial charge on any atom is -0.496 e. The SMILES string of the molecule is COc1cc(CCC2OC2C)c(OC)cc1Cl. The van der Waals surface area contributed by atoms with Crippen LogP contribution < -0.4 is 9.47 Å². The minimum atomic E-state index is 0.390. The topological polar surface area (TPSA) is 31.0 Å². The van der Waals surface area contributed by atoms with Gasteiger partial charge in [-0.25, -0.2) is 0 Å². The van der Waals surface area contributed by atoms with Crippen LogP contribution in [0.15, 0.2) is 12.1 Å². The van der Waals surface area contributed by atoms with Crippen LogP contribution in [0, 0.1) is 0 Å². The molecule has 0 amide bonds. The molecule has 0 bridgehead atoms. The van der Waals surface area contributed by atoms with E-state index >= 15 is 0 Å². The number of aryl methyl sites for hydroxylation is 1. The second-order valence-electron chi connectivity index (χ2n) is 4.22. The van der Waals surface area contributed by atoms with Gasteiger partial charge >= 0.3 is 0 Å². The van der Waals surface area contributed by atoms with Crippen LogP contribution in [0.25, 0.3) is 0 Å². The number of halogens is 1. The molecule has 3 nitrogen and oxygen atoms in total. The van der Waals surface area contributed by atoms with Gasteiger partial charge in [0.15, 0.2) is 0 Å². The smallest absolute Gasteiger partial charge is 0.137 e. The van der Waals surface area contributed by atoms with Crippen LogP contribution in [-0.2, 0) is 11.2 Å². The molecule has 4 heteroatoms. The van der Waals surface area contributed by atoms with E-state index in [2.05, 4.69) is 6.92 Å². The van der Waals surface area contributed by atoms with Crippen molar-refractivity contribution in [3.05, 3.63) is 22.7 Å². The molecule has 2 rings (SSSR count). The van der Waals surface area contributed by atoms with Crippen LogP contribution in [0.2, 0.25) is 5.02 Å². The van der Waals surface area contributed by atoms with E-state index in [-0.39, 0.29) is 0 Å². The largest absolute Gasteiger partial charge is 0.496 e. The lowest BCUT2D eigenvalue weighted by atomic mass is 10.1. The number of hydrogen-bond donors (Lipinski definition) is 0. The molecule has 17 heavy (non-hydrogen) atoms. The Morgan fingerprint density at radius 1 is 1.24 bits per heavy atom. The van der Waals surface area contributed by atoms with E-state index in [1.807, 2.05) is 6.07 Å². The Hall–Kier alpha value is -0.930. The van der Waals surface area contributed by atoms with E-state index in [9.17, 15) is 0 Å². The average molecular weight is 257 g/mol. The summed E-state index contributed by atoms with van der Waals surface area (Å²) in [5.74, 6) is 1.50. The van der Waals surface area contributed by atoms with E-state index in [1.54, 1.807) is 20.3 Å². The number of ether oxygens (including phenoxy) is 3. The molecule has 0 saturated carbocycles. The lowest BCUT2D eigenvalue weighted by Gasteiger charge is -2.11. The van der Waals surface area contributed by atoms with Gasteiger partial charge in [-0.2, -0.15) is 0 Å². The van der Waals surface area contributed by atoms with Gasteiger partial charge in [0.1, 0.15) is 11.5 Å². The molecule has 2 unspecified atom stereocenters. The highest BCUT2D eigenvalue weighted by Gasteiger charge is 2.33. The zero-order chi connectivity index (χ0) is 12.4. The second-order valence-corrected chi connectivity index (χ2v) is 4.62. The molecule has 1 aliphatic rings. The van der Waals surface area contributed by atoms with Crippen LogP contribution in [-0.4, -0.2) is 26.4 Å². The fraction of sp³-hybridized carbons (Fsp3) is 0.538. The van der Waals surface area contributed by atoms with E-state index in [0.717, 1.165) is 24.2 Å². The summed E-state index contributed by atoms with van der Waals surface area (Å²) in [6.45, 7) is 2.09. The highest BCUT2D eigenvalue weighted by atomic mass is 35.5. The predicted molar refractivity (Wildman–Crippen MR) is 67.2 cm³/mol. The third-order valence-electron chi connectivity index (χ3n) is 3.09. The maximum atomic E-state index is 6.05. The van der Waals surface area contributed by atoms with Gasteiger partial charge in [-0.05, 0) is 31.4 Å². The molecule has 0 aromatic heterocycles. The summed E-state index contributed by atoms with van der Waals surface area (Å²) in [4.78, 5) is 0. The van der Waals surface area contributed by atoms with Gasteiger partial charge in [-0.15, -0.1) is 0 Å². The zero-order valence-electron chi connectivity index (χ0n) is 10.3. The molecule has 0 radical (unpaired) electrons. The molecule has 1 heterocycles. The third-order valence-corrected chi connectivity index (χ3v) is 3.38. The van der Waals surface area contributed by atoms with E-state index in [4.69, 9.17) is 25.8 Å². The first-order chi connectivity index (χ1) is 8.15. The third kappa shape index (κ3) is 2.85. The Morgan fingerprint density at radius 3 is 2.41 bits per heavy atom. The first-order valence-corrected chi connectivity index (χ1v) is 6.09. The number of methoxy groups -OCH3 is 2. The number of benzene rings is 1. The molecule has 94 valence electrons. The number of epoxide rings is 1. The van der Waals surface area contributed by atoms with Gasteiger partial charge in [0, 0.05) is 6.07 Å². The molecular weight excluding hydrogens is 240 g/mol. The Balaban J connectivity index is 2.12. The summed E-state index contributed by atoms with van der Waals surface area (Å²) in [5.41, 5.74) is 1.11. The van der Waals surface area contributed by atoms with Gasteiger partial charge in [0.05, 0.1) is 31.5 Å². The molecule has 1 aromatic rings. The van der Waals surface area contributed by atoms with Crippen molar-refractivity contribution in [2.45, 2.75) is 32.0 Å².